The Labute approximate surface area is 222 Å². The molecule has 0 aromatic rings. The minimum atomic E-state index is -0.859. The van der Waals surface area contributed by atoms with Crippen LogP contribution in [0.3, 0.4) is 0 Å². The van der Waals surface area contributed by atoms with E-state index in [2.05, 4.69) is 17.5 Å². The summed E-state index contributed by atoms with van der Waals surface area (Å²) >= 11 is 4.26. The molecular formula is C25H48N4O6S. The molecule has 0 radical (unpaired) electrons. The number of ether oxygens (including phenoxy) is 1. The number of carbonyl (C=O) groups is 3. The topological polar surface area (TPSA) is 114 Å². The third-order valence-corrected chi connectivity index (χ3v) is 6.92. The van der Waals surface area contributed by atoms with Crippen molar-refractivity contribution in [2.45, 2.75) is 57.8 Å². The van der Waals surface area contributed by atoms with E-state index >= 15 is 0 Å². The standard InChI is InChI=1S/C25H48N4O6S/c30-23-35-22-29-17-15-27(20-24(31)32)13-11-26(12-14-28(16-18-29)21-25(33)34)10-8-6-4-2-1-3-5-7-9-19-36/h23,36H,1-22H2,(H,31,32)(H,33,34). The van der Waals surface area contributed by atoms with E-state index in [1.165, 1.54) is 51.4 Å². The van der Waals surface area contributed by atoms with Gasteiger partial charge in [-0.3, -0.25) is 29.1 Å². The number of carboxylic acid groups (broad SMARTS) is 2. The maximum absolute atomic E-state index is 11.4. The first-order chi connectivity index (χ1) is 17.4. The van der Waals surface area contributed by atoms with Crippen LogP contribution in [-0.2, 0) is 19.1 Å². The van der Waals surface area contributed by atoms with Crippen molar-refractivity contribution < 1.29 is 29.3 Å². The highest BCUT2D eigenvalue weighted by Gasteiger charge is 2.19. The predicted molar refractivity (Wildman–Crippen MR) is 144 cm³/mol. The summed E-state index contributed by atoms with van der Waals surface area (Å²) in [6.07, 6.45) is 11.2. The van der Waals surface area contributed by atoms with E-state index in [0.717, 1.165) is 31.8 Å². The van der Waals surface area contributed by atoms with Gasteiger partial charge < -0.3 is 19.8 Å². The van der Waals surface area contributed by atoms with E-state index in [-0.39, 0.29) is 19.8 Å². The number of nitrogens with zero attached hydrogens (tertiary/aromatic N) is 4. The first kappa shape index (κ1) is 32.6. The van der Waals surface area contributed by atoms with Crippen LogP contribution in [0, 0.1) is 0 Å². The first-order valence-corrected chi connectivity index (χ1v) is 14.1. The molecule has 210 valence electrons. The highest BCUT2D eigenvalue weighted by Crippen LogP contribution is 2.11. The fraction of sp³-hybridized carbons (Fsp3) is 0.880. The van der Waals surface area contributed by atoms with Gasteiger partial charge in [-0.1, -0.05) is 44.9 Å². The summed E-state index contributed by atoms with van der Waals surface area (Å²) in [4.78, 5) is 41.5. The van der Waals surface area contributed by atoms with E-state index in [1.807, 2.05) is 14.7 Å². The second kappa shape index (κ2) is 21.7. The Balaban J connectivity index is 2.59. The zero-order chi connectivity index (χ0) is 26.4. The van der Waals surface area contributed by atoms with Gasteiger partial charge in [0, 0.05) is 52.4 Å². The quantitative estimate of drug-likeness (QED) is 0.137. The Kier molecular flexibility index (Phi) is 19.6. The highest BCUT2D eigenvalue weighted by atomic mass is 32.1. The van der Waals surface area contributed by atoms with Crippen LogP contribution in [0.2, 0.25) is 0 Å². The van der Waals surface area contributed by atoms with Crippen molar-refractivity contribution in [3.05, 3.63) is 0 Å². The number of unbranched alkanes of at least 4 members (excludes halogenated alkanes) is 8. The van der Waals surface area contributed by atoms with Gasteiger partial charge in [0.1, 0.15) is 6.73 Å². The lowest BCUT2D eigenvalue weighted by molar-refractivity contribution is -0.139. The molecule has 0 aromatic carbocycles. The lowest BCUT2D eigenvalue weighted by atomic mass is 10.1. The number of hydrogen-bond donors (Lipinski definition) is 3. The van der Waals surface area contributed by atoms with Crippen molar-refractivity contribution in [3.8, 4) is 0 Å². The Morgan fingerprint density at radius 1 is 0.639 bits per heavy atom. The number of rotatable bonds is 18. The molecular weight excluding hydrogens is 484 g/mol. The lowest BCUT2D eigenvalue weighted by Gasteiger charge is -2.33. The molecule has 2 N–H and O–H groups in total. The van der Waals surface area contributed by atoms with Gasteiger partial charge >= 0.3 is 11.9 Å². The third kappa shape index (κ3) is 17.9. The largest absolute Gasteiger partial charge is 0.480 e. The molecule has 1 aliphatic rings. The van der Waals surface area contributed by atoms with E-state index in [1.54, 1.807) is 0 Å². The minimum Gasteiger partial charge on any atom is -0.480 e. The molecule has 0 aromatic heterocycles. The Morgan fingerprint density at radius 2 is 1.03 bits per heavy atom. The van der Waals surface area contributed by atoms with Crippen molar-refractivity contribution in [1.82, 2.24) is 19.6 Å². The molecule has 0 atom stereocenters. The van der Waals surface area contributed by atoms with Crippen molar-refractivity contribution >= 4 is 31.0 Å². The summed E-state index contributed by atoms with van der Waals surface area (Å²) in [7, 11) is 0. The summed E-state index contributed by atoms with van der Waals surface area (Å²) < 4.78 is 4.91. The van der Waals surface area contributed by atoms with E-state index in [9.17, 15) is 24.6 Å². The van der Waals surface area contributed by atoms with E-state index in [0.29, 0.717) is 45.7 Å². The molecule has 1 fully saturated rings. The average Bonchev–Trinajstić information content (AvgIpc) is 2.83. The minimum absolute atomic E-state index is 0.0324. The Morgan fingerprint density at radius 3 is 1.44 bits per heavy atom. The molecule has 0 bridgehead atoms. The molecule has 11 heteroatoms. The van der Waals surface area contributed by atoms with Crippen LogP contribution < -0.4 is 0 Å². The zero-order valence-electron chi connectivity index (χ0n) is 21.9. The first-order valence-electron chi connectivity index (χ1n) is 13.4. The molecule has 1 aliphatic heterocycles. The number of aliphatic carboxylic acids is 2. The number of carboxylic acids is 2. The average molecular weight is 533 g/mol. The van der Waals surface area contributed by atoms with Gasteiger partial charge in [0.15, 0.2) is 0 Å². The van der Waals surface area contributed by atoms with Crippen molar-refractivity contribution in [2.75, 3.05) is 84.5 Å². The van der Waals surface area contributed by atoms with Gasteiger partial charge in [-0.05, 0) is 25.1 Å². The lowest BCUT2D eigenvalue weighted by Crippen LogP contribution is -2.48. The Hall–Kier alpha value is -1.40. The smallest absolute Gasteiger partial charge is 0.317 e. The van der Waals surface area contributed by atoms with Crippen LogP contribution in [0.5, 0.6) is 0 Å². The van der Waals surface area contributed by atoms with Crippen LogP contribution >= 0.6 is 12.6 Å². The van der Waals surface area contributed by atoms with Crippen molar-refractivity contribution in [2.24, 2.45) is 0 Å². The molecule has 0 spiro atoms. The maximum atomic E-state index is 11.4. The second-order valence-electron chi connectivity index (χ2n) is 9.60. The van der Waals surface area contributed by atoms with Gasteiger partial charge in [0.2, 0.25) is 0 Å². The van der Waals surface area contributed by atoms with Gasteiger partial charge in [0.25, 0.3) is 6.47 Å². The number of carbonyl (C=O) groups excluding carboxylic acids is 1. The fourth-order valence-corrected chi connectivity index (χ4v) is 4.67. The second-order valence-corrected chi connectivity index (χ2v) is 10.0. The van der Waals surface area contributed by atoms with E-state index in [4.69, 9.17) is 4.74 Å². The van der Waals surface area contributed by atoms with Gasteiger partial charge in [-0.25, -0.2) is 0 Å². The molecule has 0 aliphatic carbocycles. The fourth-order valence-electron chi connectivity index (χ4n) is 4.45. The van der Waals surface area contributed by atoms with Gasteiger partial charge in [-0.2, -0.15) is 12.6 Å². The summed E-state index contributed by atoms with van der Waals surface area (Å²) in [6.45, 7) is 6.25. The van der Waals surface area contributed by atoms with Crippen LogP contribution in [0.1, 0.15) is 57.8 Å². The summed E-state index contributed by atoms with van der Waals surface area (Å²) in [5.41, 5.74) is 0. The zero-order valence-corrected chi connectivity index (χ0v) is 22.8. The normalized spacial score (nSPS) is 17.8. The van der Waals surface area contributed by atoms with Crippen LogP contribution in [0.4, 0.5) is 0 Å². The molecule has 36 heavy (non-hydrogen) atoms. The van der Waals surface area contributed by atoms with Crippen molar-refractivity contribution in [3.63, 3.8) is 0 Å². The number of hydrogen-bond acceptors (Lipinski definition) is 9. The van der Waals surface area contributed by atoms with Gasteiger partial charge in [-0.15, -0.1) is 0 Å². The van der Waals surface area contributed by atoms with Gasteiger partial charge in [0.05, 0.1) is 13.1 Å². The molecule has 0 amide bonds. The van der Waals surface area contributed by atoms with Crippen molar-refractivity contribution in [1.29, 1.82) is 0 Å². The molecule has 0 saturated carbocycles. The van der Waals surface area contributed by atoms with Crippen LogP contribution in [0.25, 0.3) is 0 Å². The third-order valence-electron chi connectivity index (χ3n) is 6.61. The number of thiol groups is 1. The highest BCUT2D eigenvalue weighted by molar-refractivity contribution is 7.80. The monoisotopic (exact) mass is 532 g/mol. The molecule has 1 heterocycles. The predicted octanol–water partition coefficient (Wildman–Crippen LogP) is 1.95. The van der Waals surface area contributed by atoms with Crippen LogP contribution in [-0.4, -0.2) is 133 Å². The SMILES string of the molecule is O=COCN1CCN(CC(=O)O)CCN(CCCCCCCCCCCS)CCN(CC(=O)O)CC1. The maximum Gasteiger partial charge on any atom is 0.317 e. The summed E-state index contributed by atoms with van der Waals surface area (Å²) in [6, 6.07) is 0. The molecule has 1 saturated heterocycles. The molecule has 1 rings (SSSR count). The molecule has 0 unspecified atom stereocenters. The van der Waals surface area contributed by atoms with E-state index < -0.39 is 11.9 Å². The van der Waals surface area contributed by atoms with Crippen LogP contribution in [0.15, 0.2) is 0 Å². The summed E-state index contributed by atoms with van der Waals surface area (Å²) in [5, 5.41) is 18.7. The summed E-state index contributed by atoms with van der Waals surface area (Å²) in [5.74, 6) is -0.738. The Bertz CT molecular complexity index is 569. The molecule has 10 nitrogen and oxygen atoms in total.